The summed E-state index contributed by atoms with van der Waals surface area (Å²) in [5.41, 5.74) is -0.200. The molecule has 80 valence electrons. The van der Waals surface area contributed by atoms with Crippen LogP contribution in [0.2, 0.25) is 0 Å². The zero-order chi connectivity index (χ0) is 11.4. The number of carboxylic acids is 1. The molecule has 0 radical (unpaired) electrons. The lowest BCUT2D eigenvalue weighted by Gasteiger charge is -2.14. The Morgan fingerprint density at radius 2 is 2.00 bits per heavy atom. The summed E-state index contributed by atoms with van der Waals surface area (Å²) in [5.74, 6) is -4.19. The van der Waals surface area contributed by atoms with Crippen molar-refractivity contribution < 1.29 is 19.1 Å². The Kier molecular flexibility index (Phi) is 3.55. The number of Topliss-reactive ketones (excluding diaryl/α,β-unsaturated/α-hetero) is 1. The molecule has 3 nitrogen and oxygen atoms in total. The minimum Gasteiger partial charge on any atom is -0.549 e. The van der Waals surface area contributed by atoms with Gasteiger partial charge in [0.1, 0.15) is 5.82 Å². The van der Waals surface area contributed by atoms with Gasteiger partial charge in [0.15, 0.2) is 5.78 Å². The fourth-order valence-corrected chi connectivity index (χ4v) is 1.31. The molecular weight excluding hydrogens is 199 g/mol. The quantitative estimate of drug-likeness (QED) is 0.544. The molecule has 0 saturated heterocycles. The third-order valence-electron chi connectivity index (χ3n) is 2.15. The zero-order valence-electron chi connectivity index (χ0n) is 8.20. The van der Waals surface area contributed by atoms with Crippen molar-refractivity contribution in [3.8, 4) is 0 Å². The Morgan fingerprint density at radius 3 is 2.47 bits per heavy atom. The van der Waals surface area contributed by atoms with E-state index in [2.05, 4.69) is 0 Å². The second-order valence-corrected chi connectivity index (χ2v) is 3.12. The molecule has 0 spiro atoms. The van der Waals surface area contributed by atoms with Gasteiger partial charge in [-0.15, -0.1) is 0 Å². The van der Waals surface area contributed by atoms with Crippen LogP contribution in [0.4, 0.5) is 4.39 Å². The van der Waals surface area contributed by atoms with E-state index < -0.39 is 23.5 Å². The summed E-state index contributed by atoms with van der Waals surface area (Å²) >= 11 is 0. The molecule has 0 aromatic heterocycles. The third-order valence-corrected chi connectivity index (χ3v) is 2.15. The van der Waals surface area contributed by atoms with E-state index in [-0.39, 0.29) is 12.0 Å². The van der Waals surface area contributed by atoms with Gasteiger partial charge in [-0.2, -0.15) is 0 Å². The van der Waals surface area contributed by atoms with Crippen LogP contribution in [0, 0.1) is 11.7 Å². The molecule has 0 saturated carbocycles. The summed E-state index contributed by atoms with van der Waals surface area (Å²) < 4.78 is 13.2. The normalized spacial score (nSPS) is 12.1. The fourth-order valence-electron chi connectivity index (χ4n) is 1.31. The number of aliphatic carboxylic acids is 1. The van der Waals surface area contributed by atoms with E-state index in [1.807, 2.05) is 0 Å². The van der Waals surface area contributed by atoms with Crippen molar-refractivity contribution in [2.75, 3.05) is 0 Å². The predicted molar refractivity (Wildman–Crippen MR) is 49.5 cm³/mol. The lowest BCUT2D eigenvalue weighted by Crippen LogP contribution is -2.36. The molecule has 1 atom stereocenters. The molecule has 1 aromatic carbocycles. The van der Waals surface area contributed by atoms with E-state index in [9.17, 15) is 19.1 Å². The van der Waals surface area contributed by atoms with Crippen molar-refractivity contribution in [2.24, 2.45) is 5.92 Å². The molecule has 15 heavy (non-hydrogen) atoms. The number of hydrogen-bond donors (Lipinski definition) is 0. The second-order valence-electron chi connectivity index (χ2n) is 3.12. The average Bonchev–Trinajstić information content (AvgIpc) is 2.18. The molecule has 0 aliphatic carbocycles. The summed E-state index contributed by atoms with van der Waals surface area (Å²) in [6.07, 6.45) is 0.0928. The number of carbonyl (C=O) groups excluding carboxylic acids is 2. The van der Waals surface area contributed by atoms with Gasteiger partial charge in [0.05, 0.1) is 17.5 Å². The first-order valence-electron chi connectivity index (χ1n) is 4.57. The third kappa shape index (κ3) is 2.40. The second kappa shape index (κ2) is 4.68. The van der Waals surface area contributed by atoms with Gasteiger partial charge in [-0.1, -0.05) is 19.1 Å². The highest BCUT2D eigenvalue weighted by Crippen LogP contribution is 2.14. The first-order valence-corrected chi connectivity index (χ1v) is 4.57. The van der Waals surface area contributed by atoms with Gasteiger partial charge in [0.2, 0.25) is 0 Å². The molecule has 0 heterocycles. The molecule has 0 N–H and O–H groups in total. The lowest BCUT2D eigenvalue weighted by molar-refractivity contribution is -0.309. The number of ketones is 1. The topological polar surface area (TPSA) is 57.2 Å². The van der Waals surface area contributed by atoms with Gasteiger partial charge in [-0.05, 0) is 18.6 Å². The predicted octanol–water partition coefficient (Wildman–Crippen LogP) is 0.784. The Morgan fingerprint density at radius 1 is 1.40 bits per heavy atom. The first-order chi connectivity index (χ1) is 7.07. The first kappa shape index (κ1) is 11.4. The smallest absolute Gasteiger partial charge is 0.174 e. The molecule has 0 amide bonds. The summed E-state index contributed by atoms with van der Waals surface area (Å²) in [5, 5.41) is 10.6. The van der Waals surface area contributed by atoms with E-state index in [4.69, 9.17) is 0 Å². The van der Waals surface area contributed by atoms with Crippen molar-refractivity contribution in [3.05, 3.63) is 35.6 Å². The van der Waals surface area contributed by atoms with Crippen LogP contribution < -0.4 is 5.11 Å². The van der Waals surface area contributed by atoms with Crippen LogP contribution in [-0.4, -0.2) is 11.8 Å². The van der Waals surface area contributed by atoms with E-state index >= 15 is 0 Å². The van der Waals surface area contributed by atoms with Crippen LogP contribution in [-0.2, 0) is 4.79 Å². The van der Waals surface area contributed by atoms with Crippen molar-refractivity contribution in [1.82, 2.24) is 0 Å². The van der Waals surface area contributed by atoms with Gasteiger partial charge < -0.3 is 9.90 Å². The van der Waals surface area contributed by atoms with Gasteiger partial charge >= 0.3 is 0 Å². The molecule has 4 heteroatoms. The Bertz CT molecular complexity index is 387. The monoisotopic (exact) mass is 209 g/mol. The molecular formula is C11H10FO3-. The molecule has 1 rings (SSSR count). The molecule has 0 aliphatic heterocycles. The van der Waals surface area contributed by atoms with E-state index in [0.717, 1.165) is 6.07 Å². The Balaban J connectivity index is 3.03. The Labute approximate surface area is 86.5 Å². The lowest BCUT2D eigenvalue weighted by atomic mass is 9.95. The highest BCUT2D eigenvalue weighted by Gasteiger charge is 2.21. The summed E-state index contributed by atoms with van der Waals surface area (Å²) in [6, 6.07) is 5.31. The van der Waals surface area contributed by atoms with Crippen molar-refractivity contribution >= 4 is 11.8 Å². The zero-order valence-corrected chi connectivity index (χ0v) is 8.20. The summed E-state index contributed by atoms with van der Waals surface area (Å²) in [6.45, 7) is 1.54. The van der Waals surface area contributed by atoms with E-state index in [1.165, 1.54) is 18.2 Å². The number of rotatable bonds is 4. The maximum Gasteiger partial charge on any atom is 0.174 e. The van der Waals surface area contributed by atoms with Crippen molar-refractivity contribution in [3.63, 3.8) is 0 Å². The van der Waals surface area contributed by atoms with Crippen LogP contribution in [0.5, 0.6) is 0 Å². The minimum absolute atomic E-state index is 0.0928. The number of carbonyl (C=O) groups is 2. The van der Waals surface area contributed by atoms with E-state index in [1.54, 1.807) is 6.92 Å². The summed E-state index contributed by atoms with van der Waals surface area (Å²) in [4.78, 5) is 22.2. The van der Waals surface area contributed by atoms with Gasteiger partial charge in [-0.25, -0.2) is 4.39 Å². The van der Waals surface area contributed by atoms with Gasteiger partial charge in [0.25, 0.3) is 0 Å². The van der Waals surface area contributed by atoms with Crippen molar-refractivity contribution in [1.29, 1.82) is 0 Å². The number of halogens is 1. The molecule has 0 fully saturated rings. The molecule has 0 aliphatic rings. The SMILES string of the molecule is CCC(C(=O)[O-])C(=O)c1ccccc1F. The standard InChI is InChI=1S/C11H11FO3/c1-2-7(11(14)15)10(13)8-5-3-4-6-9(8)12/h3-7H,2H2,1H3,(H,14,15)/p-1. The van der Waals surface area contributed by atoms with Crippen LogP contribution in [0.15, 0.2) is 24.3 Å². The van der Waals surface area contributed by atoms with Crippen LogP contribution in [0.1, 0.15) is 23.7 Å². The highest BCUT2D eigenvalue weighted by molar-refractivity contribution is 6.07. The van der Waals surface area contributed by atoms with Crippen LogP contribution in [0.3, 0.4) is 0 Å². The maximum atomic E-state index is 13.2. The molecule has 1 unspecified atom stereocenters. The van der Waals surface area contributed by atoms with Crippen LogP contribution >= 0.6 is 0 Å². The fraction of sp³-hybridized carbons (Fsp3) is 0.273. The molecule has 1 aromatic rings. The molecule has 0 bridgehead atoms. The minimum atomic E-state index is -1.47. The van der Waals surface area contributed by atoms with Crippen molar-refractivity contribution in [2.45, 2.75) is 13.3 Å². The number of hydrogen-bond acceptors (Lipinski definition) is 3. The van der Waals surface area contributed by atoms with Gasteiger partial charge in [-0.3, -0.25) is 4.79 Å². The largest absolute Gasteiger partial charge is 0.549 e. The highest BCUT2D eigenvalue weighted by atomic mass is 19.1. The van der Waals surface area contributed by atoms with Crippen LogP contribution in [0.25, 0.3) is 0 Å². The number of benzene rings is 1. The summed E-state index contributed by atoms with van der Waals surface area (Å²) in [7, 11) is 0. The average molecular weight is 209 g/mol. The number of carboxylic acid groups (broad SMARTS) is 1. The Hall–Kier alpha value is -1.71. The van der Waals surface area contributed by atoms with E-state index in [0.29, 0.717) is 0 Å². The maximum absolute atomic E-state index is 13.2. The van der Waals surface area contributed by atoms with Gasteiger partial charge in [0, 0.05) is 0 Å².